The minimum absolute atomic E-state index is 0.200. The lowest BCUT2D eigenvalue weighted by Gasteiger charge is -2.17. The second-order valence-corrected chi connectivity index (χ2v) is 7.06. The second kappa shape index (κ2) is 8.18. The van der Waals surface area contributed by atoms with Crippen molar-refractivity contribution in [2.24, 2.45) is 0 Å². The average Bonchev–Trinajstić information content (AvgIpc) is 3.31. The van der Waals surface area contributed by atoms with Gasteiger partial charge in [-0.2, -0.15) is 0 Å². The van der Waals surface area contributed by atoms with Gasteiger partial charge in [0.05, 0.1) is 5.69 Å². The Kier molecular flexibility index (Phi) is 5.29. The van der Waals surface area contributed by atoms with Crippen molar-refractivity contribution in [1.29, 1.82) is 0 Å². The molecule has 3 heterocycles. The number of para-hydroxylation sites is 1. The monoisotopic (exact) mass is 389 g/mol. The smallest absolute Gasteiger partial charge is 0.242 e. The number of nitrogens with zero attached hydrogens (tertiary/aromatic N) is 2. The molecule has 1 aromatic carbocycles. The molecule has 0 saturated carbocycles. The Morgan fingerprint density at radius 3 is 2.83 bits per heavy atom. The number of hydrogen-bond acceptors (Lipinski definition) is 3. The van der Waals surface area contributed by atoms with Crippen LogP contribution in [0.5, 0.6) is 0 Å². The Bertz CT molecular complexity index is 1130. The highest BCUT2D eigenvalue weighted by Gasteiger charge is 2.21. The fourth-order valence-electron chi connectivity index (χ4n) is 3.52. The van der Waals surface area contributed by atoms with Crippen molar-refractivity contribution in [3.63, 3.8) is 0 Å². The number of carbonyl (C=O) groups excluding carboxylic acids is 2. The van der Waals surface area contributed by atoms with E-state index in [0.717, 1.165) is 27.8 Å². The molecule has 3 N–H and O–H groups in total. The fraction of sp³-hybridized carbons (Fsp3) is 0.227. The van der Waals surface area contributed by atoms with Gasteiger partial charge in [0.15, 0.2) is 0 Å². The van der Waals surface area contributed by atoms with Gasteiger partial charge in [-0.15, -0.1) is 0 Å². The number of aromatic nitrogens is 3. The summed E-state index contributed by atoms with van der Waals surface area (Å²) in [6.45, 7) is 1.87. The van der Waals surface area contributed by atoms with E-state index in [1.165, 1.54) is 6.92 Å². The van der Waals surface area contributed by atoms with Crippen LogP contribution in [0.15, 0.2) is 61.1 Å². The lowest BCUT2D eigenvalue weighted by atomic mass is 10.0. The number of carbonyl (C=O) groups is 2. The van der Waals surface area contributed by atoms with Crippen molar-refractivity contribution in [2.45, 2.75) is 25.8 Å². The van der Waals surface area contributed by atoms with Crippen molar-refractivity contribution in [3.05, 3.63) is 72.3 Å². The highest BCUT2D eigenvalue weighted by molar-refractivity contribution is 5.89. The van der Waals surface area contributed by atoms with Crippen molar-refractivity contribution in [1.82, 2.24) is 25.0 Å². The van der Waals surface area contributed by atoms with Crippen LogP contribution in [-0.4, -0.2) is 38.8 Å². The number of H-pyrrole nitrogens is 1. The zero-order valence-corrected chi connectivity index (χ0v) is 16.2. The maximum Gasteiger partial charge on any atom is 0.242 e. The first-order chi connectivity index (χ1) is 14.1. The summed E-state index contributed by atoms with van der Waals surface area (Å²) in [4.78, 5) is 32.1. The third-order valence-corrected chi connectivity index (χ3v) is 4.89. The molecule has 0 bridgehead atoms. The van der Waals surface area contributed by atoms with Crippen LogP contribution in [0.2, 0.25) is 0 Å². The first-order valence-electron chi connectivity index (χ1n) is 9.62. The number of nitrogens with one attached hydrogen (secondary N) is 3. The minimum atomic E-state index is -0.632. The molecule has 2 amide bonds. The molecule has 0 aliphatic heterocycles. The van der Waals surface area contributed by atoms with Gasteiger partial charge >= 0.3 is 0 Å². The molecule has 4 rings (SSSR count). The van der Waals surface area contributed by atoms with Crippen LogP contribution in [0.4, 0.5) is 0 Å². The van der Waals surface area contributed by atoms with Gasteiger partial charge in [0.1, 0.15) is 11.7 Å². The van der Waals surface area contributed by atoms with E-state index < -0.39 is 6.04 Å². The van der Waals surface area contributed by atoms with Crippen molar-refractivity contribution in [2.75, 3.05) is 6.54 Å². The maximum atomic E-state index is 12.7. The minimum Gasteiger partial charge on any atom is -0.361 e. The van der Waals surface area contributed by atoms with E-state index in [4.69, 9.17) is 0 Å². The van der Waals surface area contributed by atoms with Gasteiger partial charge in [-0.1, -0.05) is 24.3 Å². The molecule has 0 saturated heterocycles. The summed E-state index contributed by atoms with van der Waals surface area (Å²) in [5.74, 6) is -0.431. The largest absolute Gasteiger partial charge is 0.361 e. The molecule has 148 valence electrons. The van der Waals surface area contributed by atoms with E-state index >= 15 is 0 Å². The number of fused-ring (bicyclic) bond motifs is 2. The molecular weight excluding hydrogens is 366 g/mol. The van der Waals surface area contributed by atoms with E-state index in [2.05, 4.69) is 20.6 Å². The molecule has 0 aliphatic rings. The summed E-state index contributed by atoms with van der Waals surface area (Å²) in [5, 5.41) is 6.75. The standard InChI is InChI=1S/C22H23N5O2/c1-15(28)25-20(12-16-13-24-19-7-3-2-6-18(16)19)22(29)23-10-9-17-14-27-11-5-4-8-21(27)26-17/h2-8,11,13-14,20,24H,9-10,12H2,1H3,(H,23,29)(H,25,28). The summed E-state index contributed by atoms with van der Waals surface area (Å²) >= 11 is 0. The Labute approximate surface area is 168 Å². The van der Waals surface area contributed by atoms with E-state index in [1.807, 2.05) is 65.5 Å². The predicted octanol–water partition coefficient (Wildman–Crippen LogP) is 2.22. The highest BCUT2D eigenvalue weighted by atomic mass is 16.2. The first-order valence-corrected chi connectivity index (χ1v) is 9.62. The van der Waals surface area contributed by atoms with Gasteiger partial charge in [0, 0.05) is 55.8 Å². The number of aromatic amines is 1. The fourth-order valence-corrected chi connectivity index (χ4v) is 3.52. The van der Waals surface area contributed by atoms with Crippen LogP contribution in [0, 0.1) is 0 Å². The molecule has 7 nitrogen and oxygen atoms in total. The normalized spacial score (nSPS) is 12.2. The van der Waals surface area contributed by atoms with Crippen LogP contribution in [0.3, 0.4) is 0 Å². The first kappa shape index (κ1) is 18.7. The van der Waals surface area contributed by atoms with Gasteiger partial charge in [-0.05, 0) is 23.8 Å². The van der Waals surface area contributed by atoms with E-state index in [9.17, 15) is 9.59 Å². The van der Waals surface area contributed by atoms with Gasteiger partial charge in [-0.3, -0.25) is 9.59 Å². The Morgan fingerprint density at radius 2 is 2.00 bits per heavy atom. The van der Waals surface area contributed by atoms with Crippen molar-refractivity contribution < 1.29 is 9.59 Å². The van der Waals surface area contributed by atoms with Crippen LogP contribution in [0.1, 0.15) is 18.2 Å². The Morgan fingerprint density at radius 1 is 1.17 bits per heavy atom. The number of amides is 2. The molecule has 0 spiro atoms. The molecule has 3 aromatic heterocycles. The SMILES string of the molecule is CC(=O)NC(Cc1c[nH]c2ccccc12)C(=O)NCCc1cn2ccccc2n1. The van der Waals surface area contributed by atoms with E-state index in [1.54, 1.807) is 0 Å². The quantitative estimate of drug-likeness (QED) is 0.453. The molecular formula is C22H23N5O2. The summed E-state index contributed by atoms with van der Waals surface area (Å²) in [5.41, 5.74) is 3.79. The van der Waals surface area contributed by atoms with Gasteiger partial charge in [-0.25, -0.2) is 4.98 Å². The van der Waals surface area contributed by atoms with Crippen LogP contribution < -0.4 is 10.6 Å². The summed E-state index contributed by atoms with van der Waals surface area (Å²) in [6, 6.07) is 13.1. The lowest BCUT2D eigenvalue weighted by molar-refractivity contribution is -0.128. The van der Waals surface area contributed by atoms with Gasteiger partial charge in [0.2, 0.25) is 11.8 Å². The highest BCUT2D eigenvalue weighted by Crippen LogP contribution is 2.19. The number of hydrogen-bond donors (Lipinski definition) is 3. The lowest BCUT2D eigenvalue weighted by Crippen LogP contribution is -2.47. The van der Waals surface area contributed by atoms with Crippen LogP contribution >= 0.6 is 0 Å². The topological polar surface area (TPSA) is 91.3 Å². The molecule has 29 heavy (non-hydrogen) atoms. The van der Waals surface area contributed by atoms with Crippen LogP contribution in [0.25, 0.3) is 16.6 Å². The molecule has 0 radical (unpaired) electrons. The zero-order chi connectivity index (χ0) is 20.2. The molecule has 0 fully saturated rings. The molecule has 0 aliphatic carbocycles. The number of imidazole rings is 1. The van der Waals surface area contributed by atoms with Crippen LogP contribution in [-0.2, 0) is 22.4 Å². The Hall–Kier alpha value is -3.61. The third kappa shape index (κ3) is 4.29. The molecule has 7 heteroatoms. The number of pyridine rings is 1. The summed E-state index contributed by atoms with van der Waals surface area (Å²) in [7, 11) is 0. The third-order valence-electron chi connectivity index (χ3n) is 4.89. The molecule has 1 atom stereocenters. The predicted molar refractivity (Wildman–Crippen MR) is 112 cm³/mol. The summed E-state index contributed by atoms with van der Waals surface area (Å²) < 4.78 is 1.95. The van der Waals surface area contributed by atoms with E-state index in [-0.39, 0.29) is 11.8 Å². The van der Waals surface area contributed by atoms with Gasteiger partial charge in [0.25, 0.3) is 0 Å². The van der Waals surface area contributed by atoms with Crippen molar-refractivity contribution >= 4 is 28.4 Å². The molecule has 4 aromatic rings. The Balaban J connectivity index is 1.40. The second-order valence-electron chi connectivity index (χ2n) is 7.06. The number of benzene rings is 1. The van der Waals surface area contributed by atoms with Crippen molar-refractivity contribution in [3.8, 4) is 0 Å². The zero-order valence-electron chi connectivity index (χ0n) is 16.2. The number of rotatable bonds is 7. The molecule has 1 unspecified atom stereocenters. The summed E-state index contributed by atoms with van der Waals surface area (Å²) in [6.07, 6.45) is 6.83. The van der Waals surface area contributed by atoms with Gasteiger partial charge < -0.3 is 20.0 Å². The maximum absolute atomic E-state index is 12.7. The average molecular weight is 389 g/mol. The van der Waals surface area contributed by atoms with E-state index in [0.29, 0.717) is 19.4 Å².